The van der Waals surface area contributed by atoms with E-state index in [1.807, 2.05) is 24.3 Å². The number of methoxy groups -OCH3 is 1. The van der Waals surface area contributed by atoms with Gasteiger partial charge in [0.05, 0.1) is 7.11 Å². The van der Waals surface area contributed by atoms with Gasteiger partial charge in [-0.05, 0) is 48.4 Å². The summed E-state index contributed by atoms with van der Waals surface area (Å²) in [6, 6.07) is 14.3. The quantitative estimate of drug-likeness (QED) is 0.594. The molecule has 0 unspecified atom stereocenters. The van der Waals surface area contributed by atoms with Crippen molar-refractivity contribution in [2.24, 2.45) is 0 Å². The molecule has 5 nitrogen and oxygen atoms in total. The van der Waals surface area contributed by atoms with E-state index in [0.717, 1.165) is 16.9 Å². The topological polar surface area (TPSA) is 64.6 Å². The molecule has 136 valence electrons. The molecule has 0 fully saturated rings. The van der Waals surface area contributed by atoms with Crippen LogP contribution in [0, 0.1) is 0 Å². The molecule has 6 heteroatoms. The zero-order valence-electron chi connectivity index (χ0n) is 14.6. The van der Waals surface area contributed by atoms with Gasteiger partial charge in [0.2, 0.25) is 0 Å². The molecule has 0 aliphatic rings. The lowest BCUT2D eigenvalue weighted by Gasteiger charge is -2.12. The van der Waals surface area contributed by atoms with Gasteiger partial charge in [-0.15, -0.1) is 0 Å². The molecule has 26 heavy (non-hydrogen) atoms. The zero-order valence-corrected chi connectivity index (χ0v) is 15.3. The molecule has 0 aliphatic carbocycles. The van der Waals surface area contributed by atoms with Crippen molar-refractivity contribution < 1.29 is 19.1 Å². The number of halogens is 1. The summed E-state index contributed by atoms with van der Waals surface area (Å²) in [5.74, 6) is -0.212. The van der Waals surface area contributed by atoms with Gasteiger partial charge in [0.15, 0.2) is 6.10 Å². The van der Waals surface area contributed by atoms with E-state index in [1.54, 1.807) is 37.5 Å². The highest BCUT2D eigenvalue weighted by Gasteiger charge is 2.16. The van der Waals surface area contributed by atoms with E-state index in [2.05, 4.69) is 5.32 Å². The Morgan fingerprint density at radius 3 is 2.38 bits per heavy atom. The highest BCUT2D eigenvalue weighted by atomic mass is 35.5. The average Bonchev–Trinajstić information content (AvgIpc) is 2.66. The Kier molecular flexibility index (Phi) is 7.24. The molecule has 1 N–H and O–H groups in total. The number of rotatable bonds is 7. The van der Waals surface area contributed by atoms with Crippen molar-refractivity contribution in [2.75, 3.05) is 7.11 Å². The molecular weight excluding hydrogens is 354 g/mol. The Hall–Kier alpha value is -2.79. The molecule has 2 rings (SSSR count). The van der Waals surface area contributed by atoms with Crippen LogP contribution in [0.1, 0.15) is 18.1 Å². The molecule has 1 amide bonds. The molecule has 0 aliphatic heterocycles. The maximum absolute atomic E-state index is 12.0. The van der Waals surface area contributed by atoms with Crippen LogP contribution in [0.2, 0.25) is 5.02 Å². The van der Waals surface area contributed by atoms with Gasteiger partial charge < -0.3 is 14.8 Å². The van der Waals surface area contributed by atoms with Crippen LogP contribution in [0.3, 0.4) is 0 Å². The number of ether oxygens (including phenoxy) is 2. The van der Waals surface area contributed by atoms with Gasteiger partial charge >= 0.3 is 5.97 Å². The largest absolute Gasteiger partial charge is 0.497 e. The zero-order chi connectivity index (χ0) is 18.9. The summed E-state index contributed by atoms with van der Waals surface area (Å²) in [5.41, 5.74) is 1.73. The van der Waals surface area contributed by atoms with Crippen molar-refractivity contribution in [1.82, 2.24) is 5.32 Å². The maximum Gasteiger partial charge on any atom is 0.331 e. The summed E-state index contributed by atoms with van der Waals surface area (Å²) in [6.07, 6.45) is 1.98. The predicted octanol–water partition coefficient (Wildman–Crippen LogP) is 3.61. The summed E-state index contributed by atoms with van der Waals surface area (Å²) < 4.78 is 10.2. The van der Waals surface area contributed by atoms with Gasteiger partial charge in [-0.2, -0.15) is 0 Å². The van der Waals surface area contributed by atoms with Crippen molar-refractivity contribution in [3.05, 3.63) is 70.8 Å². The second-order valence-electron chi connectivity index (χ2n) is 5.53. The minimum absolute atomic E-state index is 0.339. The van der Waals surface area contributed by atoms with Crippen molar-refractivity contribution in [3.8, 4) is 5.75 Å². The monoisotopic (exact) mass is 373 g/mol. The van der Waals surface area contributed by atoms with E-state index in [4.69, 9.17) is 21.1 Å². The SMILES string of the molecule is COc1ccc(CNC(=O)[C@H](C)OC(=O)/C=C/c2ccc(Cl)cc2)cc1. The molecule has 0 saturated heterocycles. The van der Waals surface area contributed by atoms with Crippen molar-refractivity contribution in [2.45, 2.75) is 19.6 Å². The summed E-state index contributed by atoms with van der Waals surface area (Å²) >= 11 is 5.80. The third-order valence-electron chi connectivity index (χ3n) is 3.57. The van der Waals surface area contributed by atoms with Crippen LogP contribution in [0.25, 0.3) is 6.08 Å². The Bertz CT molecular complexity index is 769. The molecular formula is C20H20ClNO4. The third kappa shape index (κ3) is 6.26. The van der Waals surface area contributed by atoms with E-state index in [9.17, 15) is 9.59 Å². The minimum atomic E-state index is -0.893. The molecule has 0 aromatic heterocycles. The van der Waals surface area contributed by atoms with Crippen LogP contribution in [0.5, 0.6) is 5.75 Å². The summed E-state index contributed by atoms with van der Waals surface area (Å²) in [4.78, 5) is 23.8. The summed E-state index contributed by atoms with van der Waals surface area (Å²) in [6.45, 7) is 1.86. The van der Waals surface area contributed by atoms with Crippen molar-refractivity contribution >= 4 is 29.6 Å². The number of benzene rings is 2. The minimum Gasteiger partial charge on any atom is -0.497 e. The standard InChI is InChI=1S/C20H20ClNO4/c1-14(20(24)22-13-16-5-10-18(25-2)11-6-16)26-19(23)12-7-15-3-8-17(21)9-4-15/h3-12,14H,13H2,1-2H3,(H,22,24)/b12-7+/t14-/m0/s1. The lowest BCUT2D eigenvalue weighted by molar-refractivity contribution is -0.150. The first-order valence-electron chi connectivity index (χ1n) is 8.03. The molecule has 0 heterocycles. The van der Waals surface area contributed by atoms with Crippen LogP contribution < -0.4 is 10.1 Å². The van der Waals surface area contributed by atoms with E-state index in [0.29, 0.717) is 11.6 Å². The predicted molar refractivity (Wildman–Crippen MR) is 101 cm³/mol. The van der Waals surface area contributed by atoms with Crippen LogP contribution >= 0.6 is 11.6 Å². The summed E-state index contributed by atoms with van der Waals surface area (Å²) in [5, 5.41) is 3.34. The fraction of sp³-hybridized carbons (Fsp3) is 0.200. The van der Waals surface area contributed by atoms with Gasteiger partial charge in [0.25, 0.3) is 5.91 Å². The molecule has 0 radical (unpaired) electrons. The Labute approximate surface area is 157 Å². The molecule has 2 aromatic carbocycles. The Balaban J connectivity index is 1.79. The van der Waals surface area contributed by atoms with Crippen molar-refractivity contribution in [3.63, 3.8) is 0 Å². The number of carbonyl (C=O) groups is 2. The number of esters is 1. The van der Waals surface area contributed by atoms with Gasteiger partial charge in [0, 0.05) is 17.6 Å². The Morgan fingerprint density at radius 2 is 1.77 bits per heavy atom. The normalized spacial score (nSPS) is 11.8. The molecule has 2 aromatic rings. The number of hydrogen-bond acceptors (Lipinski definition) is 4. The molecule has 0 saturated carbocycles. The van der Waals surface area contributed by atoms with Crippen LogP contribution in [-0.4, -0.2) is 25.1 Å². The fourth-order valence-electron chi connectivity index (χ4n) is 2.08. The average molecular weight is 374 g/mol. The second kappa shape index (κ2) is 9.63. The smallest absolute Gasteiger partial charge is 0.331 e. The lowest BCUT2D eigenvalue weighted by Crippen LogP contribution is -2.35. The lowest BCUT2D eigenvalue weighted by atomic mass is 10.2. The molecule has 0 spiro atoms. The first-order chi connectivity index (χ1) is 12.5. The highest BCUT2D eigenvalue weighted by Crippen LogP contribution is 2.12. The van der Waals surface area contributed by atoms with Gasteiger partial charge in [-0.3, -0.25) is 4.79 Å². The van der Waals surface area contributed by atoms with Crippen LogP contribution in [0.15, 0.2) is 54.6 Å². The fourth-order valence-corrected chi connectivity index (χ4v) is 2.21. The number of nitrogens with one attached hydrogen (secondary N) is 1. The Morgan fingerprint density at radius 1 is 1.12 bits per heavy atom. The van der Waals surface area contributed by atoms with Gasteiger partial charge in [-0.25, -0.2) is 4.79 Å². The van der Waals surface area contributed by atoms with Crippen molar-refractivity contribution in [1.29, 1.82) is 0 Å². The second-order valence-corrected chi connectivity index (χ2v) is 5.97. The van der Waals surface area contributed by atoms with Crippen LogP contribution in [0.4, 0.5) is 0 Å². The van der Waals surface area contributed by atoms with Crippen LogP contribution in [-0.2, 0) is 20.9 Å². The third-order valence-corrected chi connectivity index (χ3v) is 3.82. The number of carbonyl (C=O) groups excluding carboxylic acids is 2. The maximum atomic E-state index is 12.0. The first-order valence-corrected chi connectivity index (χ1v) is 8.40. The van der Waals surface area contributed by atoms with E-state index < -0.39 is 12.1 Å². The van der Waals surface area contributed by atoms with E-state index in [-0.39, 0.29) is 5.91 Å². The first kappa shape index (κ1) is 19.5. The molecule has 1 atom stereocenters. The number of amides is 1. The van der Waals surface area contributed by atoms with E-state index >= 15 is 0 Å². The van der Waals surface area contributed by atoms with Gasteiger partial charge in [-0.1, -0.05) is 35.9 Å². The summed E-state index contributed by atoms with van der Waals surface area (Å²) in [7, 11) is 1.59. The van der Waals surface area contributed by atoms with E-state index in [1.165, 1.54) is 13.0 Å². The highest BCUT2D eigenvalue weighted by molar-refractivity contribution is 6.30. The molecule has 0 bridgehead atoms. The number of hydrogen-bond donors (Lipinski definition) is 1. The van der Waals surface area contributed by atoms with Gasteiger partial charge in [0.1, 0.15) is 5.75 Å².